The van der Waals surface area contributed by atoms with Crippen LogP contribution in [0.2, 0.25) is 0 Å². The lowest BCUT2D eigenvalue weighted by atomic mass is 10.3. The number of hydrogen-bond donors (Lipinski definition) is 0. The topological polar surface area (TPSA) is 17.8 Å². The summed E-state index contributed by atoms with van der Waals surface area (Å²) in [6.45, 7) is 0. The normalized spacial score (nSPS) is 10.7. The van der Waals surface area contributed by atoms with Crippen LogP contribution in [0.1, 0.15) is 0 Å². The van der Waals surface area contributed by atoms with E-state index in [-0.39, 0.29) is 0 Å². The van der Waals surface area contributed by atoms with Gasteiger partial charge in [0.25, 0.3) is 0 Å². The van der Waals surface area contributed by atoms with Gasteiger partial charge in [-0.15, -0.1) is 0 Å². The van der Waals surface area contributed by atoms with Crippen molar-refractivity contribution in [2.45, 2.75) is 0 Å². The van der Waals surface area contributed by atoms with Crippen molar-refractivity contribution in [1.82, 2.24) is 7.99 Å². The molecular formula is C7H4I2N2. The zero-order chi connectivity index (χ0) is 7.84. The van der Waals surface area contributed by atoms with E-state index in [2.05, 4.69) is 68.8 Å². The summed E-state index contributed by atoms with van der Waals surface area (Å²) in [5.41, 5.74) is 1.17. The van der Waals surface area contributed by atoms with Crippen molar-refractivity contribution in [3.05, 3.63) is 28.0 Å². The Morgan fingerprint density at radius 1 is 1.36 bits per heavy atom. The van der Waals surface area contributed by atoms with Gasteiger partial charge in [0.1, 0.15) is 0 Å². The van der Waals surface area contributed by atoms with E-state index in [1.165, 1.54) is 14.5 Å². The summed E-state index contributed by atoms with van der Waals surface area (Å²) < 4.78 is 3.10. The maximum absolute atomic E-state index is 4.14. The van der Waals surface area contributed by atoms with Crippen molar-refractivity contribution in [3.63, 3.8) is 0 Å². The van der Waals surface area contributed by atoms with Crippen LogP contribution in [-0.4, -0.2) is 7.99 Å². The number of rotatable bonds is 0. The quantitative estimate of drug-likeness (QED) is 0.653. The smallest absolute Gasteiger partial charge is 0.0851 e. The fourth-order valence-corrected chi connectivity index (χ4v) is 2.05. The van der Waals surface area contributed by atoms with E-state index in [4.69, 9.17) is 0 Å². The highest BCUT2D eigenvalue weighted by molar-refractivity contribution is 14.1. The van der Waals surface area contributed by atoms with E-state index in [1.54, 1.807) is 0 Å². The van der Waals surface area contributed by atoms with Crippen molar-refractivity contribution in [2.24, 2.45) is 0 Å². The molecule has 0 radical (unpaired) electrons. The number of benzene rings is 1. The Kier molecular flexibility index (Phi) is 2.04. The molecule has 2 rings (SSSR count). The van der Waals surface area contributed by atoms with E-state index >= 15 is 0 Å². The Morgan fingerprint density at radius 2 is 2.18 bits per heavy atom. The molecular weight excluding hydrogens is 366 g/mol. The van der Waals surface area contributed by atoms with Crippen LogP contribution < -0.4 is 0 Å². The van der Waals surface area contributed by atoms with E-state index in [1.807, 2.05) is 9.09 Å². The van der Waals surface area contributed by atoms with Gasteiger partial charge in [-0.1, -0.05) is 0 Å². The predicted molar refractivity (Wildman–Crippen MR) is 61.9 cm³/mol. The predicted octanol–water partition coefficient (Wildman–Crippen LogP) is 2.84. The molecule has 0 atom stereocenters. The molecule has 0 aliphatic rings. The second-order valence-corrected chi connectivity index (χ2v) is 4.37. The molecule has 0 saturated heterocycles. The molecule has 0 bridgehead atoms. The van der Waals surface area contributed by atoms with Gasteiger partial charge in [-0.05, 0) is 40.8 Å². The van der Waals surface area contributed by atoms with Gasteiger partial charge in [0.05, 0.1) is 34.6 Å². The van der Waals surface area contributed by atoms with Crippen LogP contribution in [-0.2, 0) is 0 Å². The van der Waals surface area contributed by atoms with Crippen molar-refractivity contribution in [1.29, 1.82) is 0 Å². The summed E-state index contributed by atoms with van der Waals surface area (Å²) in [5, 5.41) is 5.34. The van der Waals surface area contributed by atoms with Gasteiger partial charge in [0.15, 0.2) is 0 Å². The fraction of sp³-hybridized carbons (Fsp3) is 0. The molecule has 0 unspecified atom stereocenters. The maximum Gasteiger partial charge on any atom is 0.0851 e. The van der Waals surface area contributed by atoms with Crippen LogP contribution in [0.25, 0.3) is 10.9 Å². The minimum Gasteiger partial charge on any atom is -0.204 e. The van der Waals surface area contributed by atoms with Crippen LogP contribution in [0.4, 0.5) is 0 Å². The number of halogens is 2. The Labute approximate surface area is 91.6 Å². The molecule has 0 fully saturated rings. The number of aromatic nitrogens is 2. The lowest BCUT2D eigenvalue weighted by molar-refractivity contribution is 1.09. The van der Waals surface area contributed by atoms with Gasteiger partial charge in [-0.25, -0.2) is 2.90 Å². The first kappa shape index (κ1) is 7.78. The maximum atomic E-state index is 4.14. The monoisotopic (exact) mass is 370 g/mol. The Morgan fingerprint density at radius 3 is 3.00 bits per heavy atom. The number of nitrogens with zero attached hydrogens (tertiary/aromatic N) is 2. The third-order valence-electron chi connectivity index (χ3n) is 1.49. The summed E-state index contributed by atoms with van der Waals surface area (Å²) in [6.07, 6.45) is 1.88. The van der Waals surface area contributed by atoms with Gasteiger partial charge in [-0.3, -0.25) is 0 Å². The number of fused-ring (bicyclic) bond motifs is 1. The lowest BCUT2D eigenvalue weighted by Gasteiger charge is -1.91. The third-order valence-corrected chi connectivity index (χ3v) is 2.93. The molecule has 0 amide bonds. The van der Waals surface area contributed by atoms with E-state index in [9.17, 15) is 0 Å². The lowest BCUT2D eigenvalue weighted by Crippen LogP contribution is -1.78. The molecule has 0 aliphatic heterocycles. The SMILES string of the molecule is Ic1ccc2c(cnn2I)c1. The van der Waals surface area contributed by atoms with Crippen LogP contribution in [0.15, 0.2) is 24.4 Å². The van der Waals surface area contributed by atoms with Crippen molar-refractivity contribution < 1.29 is 0 Å². The first-order valence-corrected chi connectivity index (χ1v) is 5.11. The molecule has 1 aromatic carbocycles. The Hall–Kier alpha value is 0.150. The first-order valence-electron chi connectivity index (χ1n) is 3.07. The molecule has 0 N–H and O–H groups in total. The second kappa shape index (κ2) is 2.89. The van der Waals surface area contributed by atoms with Crippen molar-refractivity contribution in [3.8, 4) is 0 Å². The largest absolute Gasteiger partial charge is 0.204 e. The average molecular weight is 370 g/mol. The van der Waals surface area contributed by atoms with Crippen molar-refractivity contribution >= 4 is 56.4 Å². The van der Waals surface area contributed by atoms with E-state index in [0.717, 1.165) is 0 Å². The molecule has 0 spiro atoms. The van der Waals surface area contributed by atoms with Gasteiger partial charge >= 0.3 is 0 Å². The Balaban J connectivity index is 2.86. The minimum atomic E-state index is 1.17. The van der Waals surface area contributed by atoms with Gasteiger partial charge in [0, 0.05) is 8.96 Å². The first-order chi connectivity index (χ1) is 5.27. The standard InChI is InChI=1S/C7H4I2N2/c8-6-1-2-7-5(3-6)4-10-11(7)9/h1-4H. The van der Waals surface area contributed by atoms with Gasteiger partial charge in [-0.2, -0.15) is 5.10 Å². The van der Waals surface area contributed by atoms with Crippen LogP contribution in [0, 0.1) is 3.57 Å². The highest BCUT2D eigenvalue weighted by Gasteiger charge is 1.98. The Bertz CT molecular complexity index is 394. The van der Waals surface area contributed by atoms with Crippen molar-refractivity contribution in [2.75, 3.05) is 0 Å². The van der Waals surface area contributed by atoms with Gasteiger partial charge < -0.3 is 0 Å². The highest BCUT2D eigenvalue weighted by atomic mass is 127. The third kappa shape index (κ3) is 1.37. The van der Waals surface area contributed by atoms with Crippen LogP contribution in [0.3, 0.4) is 0 Å². The summed E-state index contributed by atoms with van der Waals surface area (Å²) in [7, 11) is 0. The molecule has 1 aromatic heterocycles. The summed E-state index contributed by atoms with van der Waals surface area (Å²) in [4.78, 5) is 0. The summed E-state index contributed by atoms with van der Waals surface area (Å²) >= 11 is 4.47. The minimum absolute atomic E-state index is 1.17. The van der Waals surface area contributed by atoms with E-state index in [0.29, 0.717) is 0 Å². The summed E-state index contributed by atoms with van der Waals surface area (Å²) in [6, 6.07) is 6.29. The van der Waals surface area contributed by atoms with Gasteiger partial charge in [0.2, 0.25) is 0 Å². The second-order valence-electron chi connectivity index (χ2n) is 2.21. The number of hydrogen-bond acceptors (Lipinski definition) is 1. The fourth-order valence-electron chi connectivity index (χ4n) is 0.972. The zero-order valence-corrected chi connectivity index (χ0v) is 9.77. The summed E-state index contributed by atoms with van der Waals surface area (Å²) in [5.74, 6) is 0. The average Bonchev–Trinajstić information content (AvgIpc) is 2.32. The van der Waals surface area contributed by atoms with Crippen LogP contribution >= 0.6 is 45.5 Å². The highest BCUT2D eigenvalue weighted by Crippen LogP contribution is 2.18. The molecule has 0 aliphatic carbocycles. The molecule has 1 heterocycles. The van der Waals surface area contributed by atoms with Crippen LogP contribution in [0.5, 0.6) is 0 Å². The molecule has 4 heteroatoms. The zero-order valence-electron chi connectivity index (χ0n) is 5.46. The molecule has 11 heavy (non-hydrogen) atoms. The molecule has 0 saturated carbocycles. The molecule has 2 aromatic rings. The molecule has 56 valence electrons. The molecule has 2 nitrogen and oxygen atoms in total. The van der Waals surface area contributed by atoms with E-state index < -0.39 is 0 Å².